The largest absolute Gasteiger partial charge is 0.419 e. The van der Waals surface area contributed by atoms with E-state index in [2.05, 4.69) is 0 Å². The lowest BCUT2D eigenvalue weighted by molar-refractivity contribution is -0.138. The Morgan fingerprint density at radius 1 is 1.12 bits per heavy atom. The fourth-order valence-corrected chi connectivity index (χ4v) is 3.01. The van der Waals surface area contributed by atoms with Gasteiger partial charge in [0, 0.05) is 46.6 Å². The number of aryl methyl sites for hydroxylation is 2. The molecule has 2 amide bonds. The van der Waals surface area contributed by atoms with E-state index in [1.165, 1.54) is 4.57 Å². The van der Waals surface area contributed by atoms with Crippen LogP contribution in [0.3, 0.4) is 0 Å². The first-order chi connectivity index (χ1) is 11.5. The zero-order valence-corrected chi connectivity index (χ0v) is 13.9. The highest BCUT2D eigenvalue weighted by atomic mass is 16.4. The Morgan fingerprint density at radius 2 is 1.79 bits per heavy atom. The van der Waals surface area contributed by atoms with Crippen molar-refractivity contribution in [1.82, 2.24) is 14.4 Å². The minimum atomic E-state index is -0.387. The van der Waals surface area contributed by atoms with E-state index in [-0.39, 0.29) is 17.6 Å². The maximum absolute atomic E-state index is 12.3. The number of carbonyl (C=O) groups excluding carboxylic acids is 2. The van der Waals surface area contributed by atoms with E-state index in [0.29, 0.717) is 44.6 Å². The highest BCUT2D eigenvalue weighted by Crippen LogP contribution is 2.16. The fraction of sp³-hybridized carbons (Fsp3) is 0.471. The van der Waals surface area contributed by atoms with E-state index >= 15 is 0 Å². The zero-order valence-electron chi connectivity index (χ0n) is 13.9. The van der Waals surface area contributed by atoms with Crippen molar-refractivity contribution in [2.75, 3.05) is 26.2 Å². The van der Waals surface area contributed by atoms with Crippen molar-refractivity contribution in [3.8, 4) is 0 Å². The third-order valence-electron chi connectivity index (χ3n) is 4.56. The van der Waals surface area contributed by atoms with E-state index in [1.54, 1.807) is 24.9 Å². The van der Waals surface area contributed by atoms with Crippen LogP contribution in [0.1, 0.15) is 18.9 Å². The molecule has 2 aromatic rings. The van der Waals surface area contributed by atoms with E-state index in [0.717, 1.165) is 11.1 Å². The monoisotopic (exact) mass is 331 g/mol. The van der Waals surface area contributed by atoms with Gasteiger partial charge >= 0.3 is 5.76 Å². The van der Waals surface area contributed by atoms with Gasteiger partial charge in [0.2, 0.25) is 11.8 Å². The molecule has 0 spiro atoms. The van der Waals surface area contributed by atoms with Gasteiger partial charge in [0.25, 0.3) is 0 Å². The average Bonchev–Trinajstić information content (AvgIpc) is 2.87. The normalized spacial score (nSPS) is 15.1. The summed E-state index contributed by atoms with van der Waals surface area (Å²) in [5.41, 5.74) is 2.28. The predicted octanol–water partition coefficient (Wildman–Crippen LogP) is 0.755. The molecule has 0 unspecified atom stereocenters. The molecule has 1 fully saturated rings. The molecule has 128 valence electrons. The van der Waals surface area contributed by atoms with Crippen LogP contribution in [0.5, 0.6) is 0 Å². The molecule has 0 N–H and O–H groups in total. The van der Waals surface area contributed by atoms with Gasteiger partial charge in [-0.1, -0.05) is 6.07 Å². The molecule has 24 heavy (non-hydrogen) atoms. The van der Waals surface area contributed by atoms with Gasteiger partial charge in [0.15, 0.2) is 5.58 Å². The Labute approximate surface area is 139 Å². The molecule has 1 aromatic carbocycles. The molecular weight excluding hydrogens is 310 g/mol. The summed E-state index contributed by atoms with van der Waals surface area (Å²) in [5, 5.41) is 0. The Morgan fingerprint density at radius 3 is 2.46 bits per heavy atom. The molecule has 1 aliphatic rings. The minimum absolute atomic E-state index is 0.0566. The van der Waals surface area contributed by atoms with Crippen molar-refractivity contribution in [2.24, 2.45) is 7.05 Å². The lowest BCUT2D eigenvalue weighted by Gasteiger charge is -2.34. The van der Waals surface area contributed by atoms with E-state index in [4.69, 9.17) is 4.42 Å². The van der Waals surface area contributed by atoms with Crippen LogP contribution in [0.25, 0.3) is 11.1 Å². The Hall–Kier alpha value is -2.57. The van der Waals surface area contributed by atoms with Crippen LogP contribution in [0.15, 0.2) is 27.4 Å². The molecule has 1 aromatic heterocycles. The van der Waals surface area contributed by atoms with E-state index in [1.807, 2.05) is 17.0 Å². The van der Waals surface area contributed by atoms with Crippen LogP contribution >= 0.6 is 0 Å². The van der Waals surface area contributed by atoms with Gasteiger partial charge in [-0.2, -0.15) is 0 Å². The number of benzene rings is 1. The summed E-state index contributed by atoms with van der Waals surface area (Å²) in [6.07, 6.45) is 1.03. The summed E-state index contributed by atoms with van der Waals surface area (Å²) in [4.78, 5) is 38.7. The SMILES string of the molecule is CC(=O)N1CCN(C(=O)CCc2ccc3oc(=O)n(C)c3c2)CC1. The number of hydrogen-bond acceptors (Lipinski definition) is 4. The molecule has 0 saturated carbocycles. The third kappa shape index (κ3) is 3.20. The molecule has 0 aliphatic carbocycles. The number of rotatable bonds is 3. The second-order valence-electron chi connectivity index (χ2n) is 6.12. The summed E-state index contributed by atoms with van der Waals surface area (Å²) in [5.74, 6) is -0.234. The van der Waals surface area contributed by atoms with E-state index in [9.17, 15) is 14.4 Å². The lowest BCUT2D eigenvalue weighted by atomic mass is 10.1. The number of hydrogen-bond donors (Lipinski definition) is 0. The average molecular weight is 331 g/mol. The first-order valence-corrected chi connectivity index (χ1v) is 8.07. The number of nitrogens with zero attached hydrogens (tertiary/aromatic N) is 3. The van der Waals surface area contributed by atoms with E-state index < -0.39 is 0 Å². The van der Waals surface area contributed by atoms with Gasteiger partial charge in [-0.15, -0.1) is 0 Å². The summed E-state index contributed by atoms with van der Waals surface area (Å²) in [7, 11) is 1.66. The lowest BCUT2D eigenvalue weighted by Crippen LogP contribution is -2.50. The minimum Gasteiger partial charge on any atom is -0.408 e. The van der Waals surface area contributed by atoms with Crippen molar-refractivity contribution in [2.45, 2.75) is 19.8 Å². The van der Waals surface area contributed by atoms with Crippen molar-refractivity contribution in [3.05, 3.63) is 34.3 Å². The van der Waals surface area contributed by atoms with Crippen molar-refractivity contribution in [1.29, 1.82) is 0 Å². The second kappa shape index (κ2) is 6.51. The van der Waals surface area contributed by atoms with Crippen LogP contribution in [-0.4, -0.2) is 52.4 Å². The smallest absolute Gasteiger partial charge is 0.408 e. The first-order valence-electron chi connectivity index (χ1n) is 8.07. The molecule has 1 saturated heterocycles. The van der Waals surface area contributed by atoms with Crippen LogP contribution in [0.4, 0.5) is 0 Å². The summed E-state index contributed by atoms with van der Waals surface area (Å²) in [6, 6.07) is 5.54. The number of fused-ring (bicyclic) bond motifs is 1. The van der Waals surface area contributed by atoms with Gasteiger partial charge < -0.3 is 14.2 Å². The predicted molar refractivity (Wildman–Crippen MR) is 88.6 cm³/mol. The Kier molecular flexibility index (Phi) is 4.42. The Bertz CT molecular complexity index is 828. The quantitative estimate of drug-likeness (QED) is 0.832. The number of carbonyl (C=O) groups is 2. The van der Waals surface area contributed by atoms with Gasteiger partial charge in [-0.25, -0.2) is 4.79 Å². The third-order valence-corrected chi connectivity index (χ3v) is 4.56. The maximum Gasteiger partial charge on any atom is 0.419 e. The highest BCUT2D eigenvalue weighted by Gasteiger charge is 2.22. The zero-order chi connectivity index (χ0) is 17.3. The summed E-state index contributed by atoms with van der Waals surface area (Å²) < 4.78 is 6.56. The number of aromatic nitrogens is 1. The molecule has 3 rings (SSSR count). The molecule has 0 atom stereocenters. The first kappa shape index (κ1) is 16.3. The van der Waals surface area contributed by atoms with Crippen molar-refractivity contribution >= 4 is 22.9 Å². The van der Waals surface area contributed by atoms with Crippen LogP contribution in [-0.2, 0) is 23.1 Å². The molecule has 1 aliphatic heterocycles. The molecule has 7 nitrogen and oxygen atoms in total. The van der Waals surface area contributed by atoms with Crippen LogP contribution in [0, 0.1) is 0 Å². The maximum atomic E-state index is 12.3. The van der Waals surface area contributed by atoms with Gasteiger partial charge in [0.05, 0.1) is 5.52 Å². The van der Waals surface area contributed by atoms with Gasteiger partial charge in [-0.3, -0.25) is 14.2 Å². The van der Waals surface area contributed by atoms with Gasteiger partial charge in [0.1, 0.15) is 0 Å². The van der Waals surface area contributed by atoms with Crippen molar-refractivity contribution in [3.63, 3.8) is 0 Å². The van der Waals surface area contributed by atoms with Crippen molar-refractivity contribution < 1.29 is 14.0 Å². The molecule has 7 heteroatoms. The summed E-state index contributed by atoms with van der Waals surface area (Å²) >= 11 is 0. The van der Waals surface area contributed by atoms with Crippen LogP contribution in [0.2, 0.25) is 0 Å². The number of oxazole rings is 1. The topological polar surface area (TPSA) is 75.8 Å². The molecule has 0 bridgehead atoms. The number of piperazine rings is 1. The second-order valence-corrected chi connectivity index (χ2v) is 6.12. The fourth-order valence-electron chi connectivity index (χ4n) is 3.01. The molecular formula is C17H21N3O4. The molecule has 0 radical (unpaired) electrons. The van der Waals surface area contributed by atoms with Gasteiger partial charge in [-0.05, 0) is 24.1 Å². The van der Waals surface area contributed by atoms with Crippen LogP contribution < -0.4 is 5.76 Å². The number of amides is 2. The Balaban J connectivity index is 1.59. The standard InChI is InChI=1S/C17H21N3O4/c1-12(21)19-7-9-20(10-8-19)16(22)6-4-13-3-5-15-14(11-13)18(2)17(23)24-15/h3,5,11H,4,6-10H2,1-2H3. The highest BCUT2D eigenvalue weighted by molar-refractivity contribution is 5.78. The molecule has 2 heterocycles. The summed E-state index contributed by atoms with van der Waals surface area (Å²) in [6.45, 7) is 3.94.